The van der Waals surface area contributed by atoms with Gasteiger partial charge in [-0.1, -0.05) is 19.8 Å². The van der Waals surface area contributed by atoms with Gasteiger partial charge in [-0.15, -0.1) is 0 Å². The highest BCUT2D eigenvalue weighted by molar-refractivity contribution is 7.89. The molecule has 0 unspecified atom stereocenters. The van der Waals surface area contributed by atoms with Gasteiger partial charge < -0.3 is 5.32 Å². The predicted octanol–water partition coefficient (Wildman–Crippen LogP) is 1.97. The third-order valence-corrected chi connectivity index (χ3v) is 6.80. The first-order valence-electron chi connectivity index (χ1n) is 7.77. The summed E-state index contributed by atoms with van der Waals surface area (Å²) in [5, 5.41) is 3.18. The largest absolute Gasteiger partial charge is 0.317 e. The first-order valence-corrected chi connectivity index (χ1v) is 9.37. The second-order valence-corrected chi connectivity index (χ2v) is 8.22. The molecule has 0 aromatic rings. The smallest absolute Gasteiger partial charge is 0.214 e. The maximum absolute atomic E-state index is 12.3. The van der Waals surface area contributed by atoms with E-state index in [0.717, 1.165) is 45.4 Å². The van der Waals surface area contributed by atoms with E-state index in [0.29, 0.717) is 11.2 Å². The number of hydrogen-bond donors (Lipinski definition) is 1. The van der Waals surface area contributed by atoms with Crippen molar-refractivity contribution in [3.8, 4) is 0 Å². The van der Waals surface area contributed by atoms with E-state index in [-0.39, 0.29) is 0 Å². The Labute approximate surface area is 118 Å². The van der Waals surface area contributed by atoms with E-state index in [1.54, 1.807) is 4.31 Å². The lowest BCUT2D eigenvalue weighted by Crippen LogP contribution is -2.43. The summed E-state index contributed by atoms with van der Waals surface area (Å²) in [6, 6.07) is 0. The minimum absolute atomic E-state index is 0.299. The first-order chi connectivity index (χ1) is 9.08. The van der Waals surface area contributed by atoms with Crippen LogP contribution in [0.15, 0.2) is 0 Å². The second kappa shape index (κ2) is 6.55. The molecular weight excluding hydrogens is 260 g/mol. The van der Waals surface area contributed by atoms with Crippen molar-refractivity contribution < 1.29 is 8.42 Å². The standard InChI is InChI=1S/C14H28N2O2S/c1-2-15-10-5-13-19(17,18)16-11-8-14(9-12-16)6-3-4-7-14/h15H,2-13H2,1H3. The van der Waals surface area contributed by atoms with E-state index in [1.807, 2.05) is 6.92 Å². The zero-order chi connectivity index (χ0) is 13.8. The van der Waals surface area contributed by atoms with Gasteiger partial charge in [-0.25, -0.2) is 12.7 Å². The molecule has 0 aromatic heterocycles. The lowest BCUT2D eigenvalue weighted by Gasteiger charge is -2.38. The van der Waals surface area contributed by atoms with E-state index in [9.17, 15) is 8.42 Å². The highest BCUT2D eigenvalue weighted by Crippen LogP contribution is 2.46. The molecule has 1 saturated carbocycles. The Hall–Kier alpha value is -0.130. The van der Waals surface area contributed by atoms with Gasteiger partial charge in [0, 0.05) is 13.1 Å². The maximum atomic E-state index is 12.3. The average Bonchev–Trinajstić information content (AvgIpc) is 2.84. The van der Waals surface area contributed by atoms with Gasteiger partial charge in [0.25, 0.3) is 0 Å². The monoisotopic (exact) mass is 288 g/mol. The van der Waals surface area contributed by atoms with Crippen molar-refractivity contribution in [2.24, 2.45) is 5.41 Å². The van der Waals surface area contributed by atoms with Gasteiger partial charge in [0.1, 0.15) is 0 Å². The molecule has 0 radical (unpaired) electrons. The number of rotatable bonds is 6. The molecule has 2 aliphatic rings. The number of nitrogens with zero attached hydrogens (tertiary/aromatic N) is 1. The van der Waals surface area contributed by atoms with Crippen LogP contribution >= 0.6 is 0 Å². The fraction of sp³-hybridized carbons (Fsp3) is 1.00. The zero-order valence-electron chi connectivity index (χ0n) is 12.2. The molecule has 0 bridgehead atoms. The lowest BCUT2D eigenvalue weighted by molar-refractivity contribution is 0.160. The summed E-state index contributed by atoms with van der Waals surface area (Å²) in [6.07, 6.45) is 8.21. The quantitative estimate of drug-likeness (QED) is 0.760. The molecule has 4 nitrogen and oxygen atoms in total. The topological polar surface area (TPSA) is 49.4 Å². The van der Waals surface area contributed by atoms with E-state index < -0.39 is 10.0 Å². The molecule has 1 N–H and O–H groups in total. The van der Waals surface area contributed by atoms with E-state index in [4.69, 9.17) is 0 Å². The maximum Gasteiger partial charge on any atom is 0.214 e. The van der Waals surface area contributed by atoms with Crippen molar-refractivity contribution in [3.63, 3.8) is 0 Å². The molecule has 1 saturated heterocycles. The summed E-state index contributed by atoms with van der Waals surface area (Å²) in [5.41, 5.74) is 0.496. The number of piperidine rings is 1. The summed E-state index contributed by atoms with van der Waals surface area (Å²) in [6.45, 7) is 5.26. The van der Waals surface area contributed by atoms with Gasteiger partial charge in [-0.3, -0.25) is 0 Å². The molecule has 1 spiro atoms. The molecule has 2 fully saturated rings. The van der Waals surface area contributed by atoms with E-state index >= 15 is 0 Å². The molecule has 2 rings (SSSR count). The van der Waals surface area contributed by atoms with Crippen LogP contribution < -0.4 is 5.32 Å². The van der Waals surface area contributed by atoms with Crippen LogP contribution in [0.4, 0.5) is 0 Å². The molecule has 5 heteroatoms. The van der Waals surface area contributed by atoms with Crippen molar-refractivity contribution in [2.45, 2.75) is 51.9 Å². The second-order valence-electron chi connectivity index (χ2n) is 6.13. The Morgan fingerprint density at radius 3 is 2.32 bits per heavy atom. The van der Waals surface area contributed by atoms with Crippen molar-refractivity contribution in [3.05, 3.63) is 0 Å². The SMILES string of the molecule is CCNCCCS(=O)(=O)N1CCC2(CCCC2)CC1. The molecule has 0 aromatic carbocycles. The Morgan fingerprint density at radius 2 is 1.74 bits per heavy atom. The molecule has 0 amide bonds. The molecule has 19 heavy (non-hydrogen) atoms. The van der Waals surface area contributed by atoms with E-state index in [2.05, 4.69) is 5.32 Å². The lowest BCUT2D eigenvalue weighted by atomic mass is 9.78. The minimum Gasteiger partial charge on any atom is -0.317 e. The highest BCUT2D eigenvalue weighted by atomic mass is 32.2. The first kappa shape index (κ1) is 15.3. The van der Waals surface area contributed by atoms with Crippen LogP contribution in [0.5, 0.6) is 0 Å². The summed E-state index contributed by atoms with van der Waals surface area (Å²) in [5.74, 6) is 0.299. The van der Waals surface area contributed by atoms with Crippen LogP contribution in [-0.4, -0.2) is 44.7 Å². The normalized spacial score (nSPS) is 24.1. The van der Waals surface area contributed by atoms with Crippen LogP contribution in [0.25, 0.3) is 0 Å². The van der Waals surface area contributed by atoms with Gasteiger partial charge in [0.15, 0.2) is 0 Å². The van der Waals surface area contributed by atoms with Crippen LogP contribution in [0, 0.1) is 5.41 Å². The third kappa shape index (κ3) is 3.92. The molecule has 1 heterocycles. The number of sulfonamides is 1. The number of nitrogens with one attached hydrogen (secondary N) is 1. The number of hydrogen-bond acceptors (Lipinski definition) is 3. The van der Waals surface area contributed by atoms with Gasteiger partial charge in [0.2, 0.25) is 10.0 Å². The molecular formula is C14H28N2O2S. The Kier molecular flexibility index (Phi) is 5.26. The molecule has 112 valence electrons. The molecule has 1 aliphatic carbocycles. The summed E-state index contributed by atoms with van der Waals surface area (Å²) in [7, 11) is -3.02. The Morgan fingerprint density at radius 1 is 1.11 bits per heavy atom. The van der Waals surface area contributed by atoms with Gasteiger partial charge in [-0.05, 0) is 50.6 Å². The summed E-state index contributed by atoms with van der Waals surface area (Å²) in [4.78, 5) is 0. The summed E-state index contributed by atoms with van der Waals surface area (Å²) < 4.78 is 26.2. The van der Waals surface area contributed by atoms with Gasteiger partial charge in [0.05, 0.1) is 5.75 Å². The summed E-state index contributed by atoms with van der Waals surface area (Å²) >= 11 is 0. The van der Waals surface area contributed by atoms with Crippen molar-refractivity contribution in [1.82, 2.24) is 9.62 Å². The third-order valence-electron chi connectivity index (χ3n) is 4.85. The Bertz CT molecular complexity index is 365. The fourth-order valence-electron chi connectivity index (χ4n) is 3.55. The zero-order valence-corrected chi connectivity index (χ0v) is 13.0. The van der Waals surface area contributed by atoms with Crippen molar-refractivity contribution in [1.29, 1.82) is 0 Å². The average molecular weight is 288 g/mol. The molecule has 0 atom stereocenters. The molecule has 1 aliphatic heterocycles. The van der Waals surface area contributed by atoms with Crippen LogP contribution in [-0.2, 0) is 10.0 Å². The fourth-order valence-corrected chi connectivity index (χ4v) is 5.06. The van der Waals surface area contributed by atoms with Gasteiger partial charge >= 0.3 is 0 Å². The highest BCUT2D eigenvalue weighted by Gasteiger charge is 2.39. The van der Waals surface area contributed by atoms with Crippen molar-refractivity contribution >= 4 is 10.0 Å². The van der Waals surface area contributed by atoms with Crippen molar-refractivity contribution in [2.75, 3.05) is 31.9 Å². The minimum atomic E-state index is -3.02. The van der Waals surface area contributed by atoms with Crippen LogP contribution in [0.3, 0.4) is 0 Å². The van der Waals surface area contributed by atoms with Gasteiger partial charge in [-0.2, -0.15) is 0 Å². The van der Waals surface area contributed by atoms with E-state index in [1.165, 1.54) is 25.7 Å². The van der Waals surface area contributed by atoms with Crippen LogP contribution in [0.1, 0.15) is 51.9 Å². The predicted molar refractivity (Wildman–Crippen MR) is 78.7 cm³/mol. The Balaban J connectivity index is 1.79. The van der Waals surface area contributed by atoms with Crippen LogP contribution in [0.2, 0.25) is 0 Å².